The molecule has 14 heteroatoms. The van der Waals surface area contributed by atoms with E-state index in [2.05, 4.69) is 30.0 Å². The van der Waals surface area contributed by atoms with Gasteiger partial charge >= 0.3 is 0 Å². The maximum absolute atomic E-state index is 15.5. The van der Waals surface area contributed by atoms with Crippen molar-refractivity contribution in [3.05, 3.63) is 47.4 Å². The molecule has 11 nitrogen and oxygen atoms in total. The van der Waals surface area contributed by atoms with Gasteiger partial charge in [0.2, 0.25) is 15.9 Å². The van der Waals surface area contributed by atoms with Crippen LogP contribution in [0.2, 0.25) is 0 Å². The molecule has 2 fully saturated rings. The van der Waals surface area contributed by atoms with E-state index in [1.54, 1.807) is 6.20 Å². The van der Waals surface area contributed by atoms with Gasteiger partial charge in [0, 0.05) is 24.9 Å². The minimum Gasteiger partial charge on any atom is -0.477 e. The number of halogens is 1. The molecule has 3 aromatic heterocycles. The number of amides is 1. The Kier molecular flexibility index (Phi) is 7.31. The van der Waals surface area contributed by atoms with Crippen LogP contribution >= 0.6 is 11.3 Å². The van der Waals surface area contributed by atoms with Crippen molar-refractivity contribution in [2.45, 2.75) is 37.5 Å². The standard InChI is InChI=1S/C23H25FN6O5S2/c1-2-35-18-11-25-9-16(28-18)17-10-27-23(36-17)22(31)29-20(13-6-8-34-12-13)21-19(24)15(5-7-26-21)30-37(32,33)14-3-4-14/h5,7,9-11,13-14,20H,2-4,6,8,12H2,1H3,(H,26,30)(H,29,31). The lowest BCUT2D eigenvalue weighted by Gasteiger charge is -2.24. The number of aromatic nitrogens is 4. The summed E-state index contributed by atoms with van der Waals surface area (Å²) in [6, 6.07) is 0.418. The normalized spacial score (nSPS) is 18.4. The molecule has 5 rings (SSSR count). The van der Waals surface area contributed by atoms with Gasteiger partial charge in [0.05, 0.1) is 47.5 Å². The molecule has 0 spiro atoms. The minimum atomic E-state index is -3.68. The summed E-state index contributed by atoms with van der Waals surface area (Å²) in [4.78, 5) is 30.7. The number of carbonyl (C=O) groups is 1. The van der Waals surface area contributed by atoms with E-state index in [4.69, 9.17) is 9.47 Å². The van der Waals surface area contributed by atoms with E-state index in [0.29, 0.717) is 55.5 Å². The van der Waals surface area contributed by atoms with Crippen molar-refractivity contribution in [3.63, 3.8) is 0 Å². The zero-order chi connectivity index (χ0) is 26.0. The van der Waals surface area contributed by atoms with Gasteiger partial charge in [-0.05, 0) is 32.3 Å². The molecule has 1 amide bonds. The predicted octanol–water partition coefficient (Wildman–Crippen LogP) is 2.94. The highest BCUT2D eigenvalue weighted by molar-refractivity contribution is 7.93. The predicted molar refractivity (Wildman–Crippen MR) is 133 cm³/mol. The first-order valence-electron chi connectivity index (χ1n) is 11.8. The van der Waals surface area contributed by atoms with Crippen LogP contribution in [0.5, 0.6) is 5.88 Å². The molecule has 196 valence electrons. The van der Waals surface area contributed by atoms with Gasteiger partial charge in [-0.15, -0.1) is 11.3 Å². The second kappa shape index (κ2) is 10.6. The molecule has 1 saturated carbocycles. The highest BCUT2D eigenvalue weighted by atomic mass is 32.2. The van der Waals surface area contributed by atoms with Gasteiger partial charge < -0.3 is 14.8 Å². The first-order chi connectivity index (χ1) is 17.9. The summed E-state index contributed by atoms with van der Waals surface area (Å²) in [6.45, 7) is 3.04. The number of anilines is 1. The highest BCUT2D eigenvalue weighted by Gasteiger charge is 2.37. The van der Waals surface area contributed by atoms with Crippen LogP contribution in [-0.2, 0) is 14.8 Å². The van der Waals surface area contributed by atoms with E-state index >= 15 is 4.39 Å². The lowest BCUT2D eigenvalue weighted by Crippen LogP contribution is -2.35. The Morgan fingerprint density at radius 2 is 2.11 bits per heavy atom. The fourth-order valence-electron chi connectivity index (χ4n) is 3.98. The Hall–Kier alpha value is -3.23. The number of ether oxygens (including phenoxy) is 2. The Balaban J connectivity index is 1.39. The summed E-state index contributed by atoms with van der Waals surface area (Å²) in [5, 5.41) is 2.48. The van der Waals surface area contributed by atoms with E-state index in [9.17, 15) is 13.2 Å². The summed E-state index contributed by atoms with van der Waals surface area (Å²) in [5.74, 6) is -1.24. The number of sulfonamides is 1. The van der Waals surface area contributed by atoms with Crippen LogP contribution in [0.3, 0.4) is 0 Å². The second-order valence-corrected chi connectivity index (χ2v) is 11.7. The number of hydrogen-bond donors (Lipinski definition) is 2. The molecule has 1 aliphatic heterocycles. The van der Waals surface area contributed by atoms with E-state index < -0.39 is 33.0 Å². The average Bonchev–Trinajstić information content (AvgIpc) is 3.40. The van der Waals surface area contributed by atoms with Crippen LogP contribution in [0.15, 0.2) is 30.9 Å². The second-order valence-electron chi connectivity index (χ2n) is 8.68. The van der Waals surface area contributed by atoms with Gasteiger partial charge in [0.1, 0.15) is 11.4 Å². The molecule has 2 atom stereocenters. The molecule has 3 aromatic rings. The molecule has 2 unspecified atom stereocenters. The van der Waals surface area contributed by atoms with Gasteiger partial charge in [-0.3, -0.25) is 19.5 Å². The van der Waals surface area contributed by atoms with Crippen molar-refractivity contribution < 1.29 is 27.1 Å². The summed E-state index contributed by atoms with van der Waals surface area (Å²) >= 11 is 1.11. The van der Waals surface area contributed by atoms with Crippen LogP contribution in [0.1, 0.15) is 47.7 Å². The number of thiazole rings is 1. The van der Waals surface area contributed by atoms with Gasteiger partial charge in [0.25, 0.3) is 5.91 Å². The van der Waals surface area contributed by atoms with Crippen LogP contribution < -0.4 is 14.8 Å². The monoisotopic (exact) mass is 548 g/mol. The Labute approximate surface area is 216 Å². The van der Waals surface area contributed by atoms with E-state index in [0.717, 1.165) is 11.3 Å². The molecule has 2 N–H and O–H groups in total. The molecule has 1 aliphatic carbocycles. The van der Waals surface area contributed by atoms with E-state index in [1.807, 2.05) is 6.92 Å². The fraction of sp³-hybridized carbons (Fsp3) is 0.435. The molecule has 0 radical (unpaired) electrons. The topological polar surface area (TPSA) is 145 Å². The average molecular weight is 549 g/mol. The maximum Gasteiger partial charge on any atom is 0.280 e. The summed E-state index contributed by atoms with van der Waals surface area (Å²) in [6.07, 6.45) is 7.55. The molecule has 0 aromatic carbocycles. The largest absolute Gasteiger partial charge is 0.477 e. The number of hydrogen-bond acceptors (Lipinski definition) is 10. The molecule has 4 heterocycles. The Morgan fingerprint density at radius 1 is 1.27 bits per heavy atom. The van der Waals surface area contributed by atoms with Gasteiger partial charge in [0.15, 0.2) is 10.8 Å². The van der Waals surface area contributed by atoms with E-state index in [-0.39, 0.29) is 22.3 Å². The smallest absolute Gasteiger partial charge is 0.280 e. The third-order valence-corrected chi connectivity index (χ3v) is 8.88. The van der Waals surface area contributed by atoms with Crippen molar-refractivity contribution in [2.75, 3.05) is 24.5 Å². The van der Waals surface area contributed by atoms with Crippen molar-refractivity contribution in [1.29, 1.82) is 0 Å². The van der Waals surface area contributed by atoms with Crippen molar-refractivity contribution in [3.8, 4) is 16.5 Å². The van der Waals surface area contributed by atoms with Crippen molar-refractivity contribution in [1.82, 2.24) is 25.3 Å². The number of nitrogens with one attached hydrogen (secondary N) is 2. The molecule has 0 bridgehead atoms. The quantitative estimate of drug-likeness (QED) is 0.390. The molecular formula is C23H25FN6O5S2. The lowest BCUT2D eigenvalue weighted by atomic mass is 9.95. The molecule has 1 saturated heterocycles. The van der Waals surface area contributed by atoms with Crippen LogP contribution in [0.4, 0.5) is 10.1 Å². The van der Waals surface area contributed by atoms with Gasteiger partial charge in [-0.2, -0.15) is 0 Å². The number of rotatable bonds is 10. The Bertz CT molecular complexity index is 1390. The van der Waals surface area contributed by atoms with Crippen LogP contribution in [0, 0.1) is 11.7 Å². The maximum atomic E-state index is 15.5. The summed E-state index contributed by atoms with van der Waals surface area (Å²) < 4.78 is 53.5. The Morgan fingerprint density at radius 3 is 2.84 bits per heavy atom. The zero-order valence-corrected chi connectivity index (χ0v) is 21.5. The third kappa shape index (κ3) is 5.70. The van der Waals surface area contributed by atoms with Crippen molar-refractivity contribution >= 4 is 33.0 Å². The summed E-state index contributed by atoms with van der Waals surface area (Å²) in [7, 11) is -3.68. The third-order valence-electron chi connectivity index (χ3n) is 6.01. The van der Waals surface area contributed by atoms with Crippen LogP contribution in [-0.4, -0.2) is 59.3 Å². The highest BCUT2D eigenvalue weighted by Crippen LogP contribution is 2.34. The lowest BCUT2D eigenvalue weighted by molar-refractivity contribution is 0.0912. The molecule has 37 heavy (non-hydrogen) atoms. The zero-order valence-electron chi connectivity index (χ0n) is 19.9. The minimum absolute atomic E-state index is 0.0630. The first-order valence-corrected chi connectivity index (χ1v) is 14.2. The number of carbonyl (C=O) groups excluding carboxylic acids is 1. The number of pyridine rings is 1. The number of nitrogens with zero attached hydrogens (tertiary/aromatic N) is 4. The van der Waals surface area contributed by atoms with Gasteiger partial charge in [-0.1, -0.05) is 0 Å². The molecular weight excluding hydrogens is 523 g/mol. The summed E-state index contributed by atoms with van der Waals surface area (Å²) in [5.41, 5.74) is 0.248. The fourth-order valence-corrected chi connectivity index (χ4v) is 6.14. The van der Waals surface area contributed by atoms with E-state index in [1.165, 1.54) is 24.7 Å². The van der Waals surface area contributed by atoms with Gasteiger partial charge in [-0.25, -0.2) is 22.8 Å². The van der Waals surface area contributed by atoms with Crippen LogP contribution in [0.25, 0.3) is 10.6 Å². The van der Waals surface area contributed by atoms with Crippen molar-refractivity contribution in [2.24, 2.45) is 5.92 Å². The molecule has 2 aliphatic rings. The first kappa shape index (κ1) is 25.4. The SMILES string of the molecule is CCOc1cncc(-c2cnc(C(=O)NC(c3nccc(NS(=O)(=O)C4CC4)c3F)C3CCOC3)s2)n1.